The number of nitrogens with two attached hydrogens (primary N) is 1. The fourth-order valence-corrected chi connectivity index (χ4v) is 3.84. The molecule has 8 heteroatoms. The summed E-state index contributed by atoms with van der Waals surface area (Å²) >= 11 is 6.41. The van der Waals surface area contributed by atoms with Crippen molar-refractivity contribution in [1.82, 2.24) is 10.6 Å². The summed E-state index contributed by atoms with van der Waals surface area (Å²) in [5, 5.41) is 15.3. The molecule has 1 aliphatic rings. The third-order valence-corrected chi connectivity index (χ3v) is 5.09. The average Bonchev–Trinajstić information content (AvgIpc) is 3.13. The summed E-state index contributed by atoms with van der Waals surface area (Å²) in [6, 6.07) is 9.21. The molecule has 1 saturated heterocycles. The van der Waals surface area contributed by atoms with Crippen molar-refractivity contribution in [3.63, 3.8) is 0 Å². The molecule has 5 N–H and O–H groups in total. The standard InChI is InChI=1S/C18H17N3O3S2/c1-9(22)6-11-7-10(2-4-13(11)16(19)23)15-5-3-12(26-15)8-14-17(24)21-18(25)20-14/h2-5,7-9,22H,6H2,1H3,(H2,19,23)(H2,20,21,24,25). The molecule has 2 heterocycles. The van der Waals surface area contributed by atoms with Crippen LogP contribution in [0.25, 0.3) is 16.5 Å². The highest BCUT2D eigenvalue weighted by atomic mass is 32.1. The van der Waals surface area contributed by atoms with Gasteiger partial charge in [0.15, 0.2) is 5.11 Å². The Morgan fingerprint density at radius 2 is 2.12 bits per heavy atom. The first-order valence-corrected chi connectivity index (χ1v) is 9.11. The molecule has 3 rings (SSSR count). The molecule has 2 aromatic rings. The molecule has 6 nitrogen and oxygen atoms in total. The van der Waals surface area contributed by atoms with Gasteiger partial charge < -0.3 is 16.2 Å². The van der Waals surface area contributed by atoms with Crippen LogP contribution in [0.2, 0.25) is 0 Å². The second kappa shape index (κ2) is 7.36. The van der Waals surface area contributed by atoms with E-state index in [9.17, 15) is 14.7 Å². The molecule has 1 unspecified atom stereocenters. The van der Waals surface area contributed by atoms with E-state index >= 15 is 0 Å². The van der Waals surface area contributed by atoms with Crippen molar-refractivity contribution in [2.24, 2.45) is 5.73 Å². The third-order valence-electron chi connectivity index (χ3n) is 3.80. The van der Waals surface area contributed by atoms with Gasteiger partial charge >= 0.3 is 0 Å². The van der Waals surface area contributed by atoms with Gasteiger partial charge in [-0.05, 0) is 67.0 Å². The molecular weight excluding hydrogens is 370 g/mol. The Balaban J connectivity index is 1.91. The van der Waals surface area contributed by atoms with Gasteiger partial charge in [-0.2, -0.15) is 0 Å². The molecule has 1 atom stereocenters. The van der Waals surface area contributed by atoms with Crippen LogP contribution in [0, 0.1) is 0 Å². The van der Waals surface area contributed by atoms with Crippen LogP contribution < -0.4 is 16.4 Å². The van der Waals surface area contributed by atoms with Gasteiger partial charge in [0.05, 0.1) is 6.10 Å². The fraction of sp³-hybridized carbons (Fsp3) is 0.167. The quantitative estimate of drug-likeness (QED) is 0.462. The molecule has 26 heavy (non-hydrogen) atoms. The van der Waals surface area contributed by atoms with Crippen LogP contribution in [-0.4, -0.2) is 28.1 Å². The maximum atomic E-state index is 11.7. The van der Waals surface area contributed by atoms with Gasteiger partial charge in [0.2, 0.25) is 5.91 Å². The molecule has 0 bridgehead atoms. The number of aliphatic hydroxyl groups is 1. The minimum absolute atomic E-state index is 0.255. The Morgan fingerprint density at radius 1 is 1.35 bits per heavy atom. The highest BCUT2D eigenvalue weighted by molar-refractivity contribution is 7.80. The second-order valence-corrected chi connectivity index (χ2v) is 7.48. The zero-order valence-electron chi connectivity index (χ0n) is 13.9. The first kappa shape index (κ1) is 18.2. The SMILES string of the molecule is CC(O)Cc1cc(-c2ccc(C=C3NC(=S)NC3=O)s2)ccc1C(N)=O. The van der Waals surface area contributed by atoms with Crippen LogP contribution in [0.4, 0.5) is 0 Å². The van der Waals surface area contributed by atoms with Gasteiger partial charge in [-0.3, -0.25) is 14.9 Å². The molecule has 1 aliphatic heterocycles. The van der Waals surface area contributed by atoms with Gasteiger partial charge in [0.25, 0.3) is 5.91 Å². The number of amides is 2. The maximum absolute atomic E-state index is 11.7. The van der Waals surface area contributed by atoms with E-state index in [1.54, 1.807) is 19.1 Å². The van der Waals surface area contributed by atoms with Crippen molar-refractivity contribution >= 4 is 46.6 Å². The number of hydrogen-bond donors (Lipinski definition) is 4. The molecule has 134 valence electrons. The Morgan fingerprint density at radius 3 is 2.73 bits per heavy atom. The van der Waals surface area contributed by atoms with Crippen LogP contribution in [0.15, 0.2) is 36.0 Å². The lowest BCUT2D eigenvalue weighted by Gasteiger charge is -2.10. The van der Waals surface area contributed by atoms with Crippen LogP contribution in [0.1, 0.15) is 27.7 Å². The molecule has 1 aromatic heterocycles. The maximum Gasteiger partial charge on any atom is 0.273 e. The van der Waals surface area contributed by atoms with E-state index in [1.807, 2.05) is 24.3 Å². The van der Waals surface area contributed by atoms with Crippen LogP contribution >= 0.6 is 23.6 Å². The molecule has 1 aromatic carbocycles. The predicted octanol–water partition coefficient (Wildman–Crippen LogP) is 1.78. The Labute approximate surface area is 159 Å². The van der Waals surface area contributed by atoms with E-state index in [0.717, 1.165) is 15.3 Å². The van der Waals surface area contributed by atoms with E-state index in [4.69, 9.17) is 18.0 Å². The van der Waals surface area contributed by atoms with Gasteiger partial charge in [-0.15, -0.1) is 11.3 Å². The smallest absolute Gasteiger partial charge is 0.273 e. The monoisotopic (exact) mass is 387 g/mol. The van der Waals surface area contributed by atoms with E-state index in [1.165, 1.54) is 11.3 Å². The number of hydrogen-bond acceptors (Lipinski definition) is 5. The summed E-state index contributed by atoms with van der Waals surface area (Å²) in [6.07, 6.45) is 1.50. The van der Waals surface area contributed by atoms with Crippen molar-refractivity contribution in [1.29, 1.82) is 0 Å². The lowest BCUT2D eigenvalue weighted by atomic mass is 9.98. The van der Waals surface area contributed by atoms with E-state index in [-0.39, 0.29) is 5.91 Å². The van der Waals surface area contributed by atoms with Crippen molar-refractivity contribution < 1.29 is 14.7 Å². The van der Waals surface area contributed by atoms with Crippen LogP contribution in [0.3, 0.4) is 0 Å². The number of aliphatic hydroxyl groups excluding tert-OH is 1. The molecule has 0 radical (unpaired) electrons. The zero-order valence-corrected chi connectivity index (χ0v) is 15.5. The van der Waals surface area contributed by atoms with Crippen molar-refractivity contribution in [2.75, 3.05) is 0 Å². The van der Waals surface area contributed by atoms with Gasteiger partial charge in [-0.1, -0.05) is 6.07 Å². The lowest BCUT2D eigenvalue weighted by molar-refractivity contribution is -0.115. The molecule has 1 fully saturated rings. The molecular formula is C18H17N3O3S2. The largest absolute Gasteiger partial charge is 0.393 e. The van der Waals surface area contributed by atoms with E-state index in [2.05, 4.69) is 10.6 Å². The van der Waals surface area contributed by atoms with E-state index in [0.29, 0.717) is 28.4 Å². The summed E-state index contributed by atoms with van der Waals surface area (Å²) in [4.78, 5) is 25.2. The summed E-state index contributed by atoms with van der Waals surface area (Å²) in [6.45, 7) is 1.66. The van der Waals surface area contributed by atoms with Crippen LogP contribution in [0.5, 0.6) is 0 Å². The lowest BCUT2D eigenvalue weighted by Crippen LogP contribution is -2.21. The molecule has 0 spiro atoms. The van der Waals surface area contributed by atoms with Gasteiger partial charge in [0.1, 0.15) is 5.70 Å². The molecule has 2 amide bonds. The van der Waals surface area contributed by atoms with Crippen molar-refractivity contribution in [3.05, 3.63) is 52.0 Å². The third kappa shape index (κ3) is 3.98. The van der Waals surface area contributed by atoms with Crippen LogP contribution in [-0.2, 0) is 11.2 Å². The second-order valence-electron chi connectivity index (χ2n) is 5.96. The summed E-state index contributed by atoms with van der Waals surface area (Å²) in [5.41, 5.74) is 7.86. The average molecular weight is 387 g/mol. The summed E-state index contributed by atoms with van der Waals surface area (Å²) in [7, 11) is 0. The first-order chi connectivity index (χ1) is 12.3. The normalized spacial score (nSPS) is 16.5. The first-order valence-electron chi connectivity index (χ1n) is 7.88. The number of rotatable bonds is 5. The zero-order chi connectivity index (χ0) is 18.8. The Kier molecular flexibility index (Phi) is 5.17. The topological polar surface area (TPSA) is 104 Å². The molecule has 0 saturated carbocycles. The van der Waals surface area contributed by atoms with Gasteiger partial charge in [-0.25, -0.2) is 0 Å². The highest BCUT2D eigenvalue weighted by Crippen LogP contribution is 2.31. The Bertz CT molecular complexity index is 932. The number of carbonyl (C=O) groups is 2. The summed E-state index contributed by atoms with van der Waals surface area (Å²) < 4.78 is 0. The van der Waals surface area contributed by atoms with Crippen molar-refractivity contribution in [3.8, 4) is 10.4 Å². The minimum Gasteiger partial charge on any atom is -0.393 e. The number of primary amides is 1. The summed E-state index contributed by atoms with van der Waals surface area (Å²) in [5.74, 6) is -0.770. The van der Waals surface area contributed by atoms with E-state index < -0.39 is 12.0 Å². The predicted molar refractivity (Wildman–Crippen MR) is 106 cm³/mol. The van der Waals surface area contributed by atoms with Gasteiger partial charge in [0, 0.05) is 15.3 Å². The number of thiocarbonyl (C=S) groups is 1. The number of carbonyl (C=O) groups excluding carboxylic acids is 2. The minimum atomic E-state index is -0.581. The number of benzene rings is 1. The van der Waals surface area contributed by atoms with Crippen molar-refractivity contribution in [2.45, 2.75) is 19.4 Å². The highest BCUT2D eigenvalue weighted by Gasteiger charge is 2.20. The number of thiophene rings is 1. The fourth-order valence-electron chi connectivity index (χ4n) is 2.68. The molecule has 0 aliphatic carbocycles. The Hall–Kier alpha value is -2.55. The number of nitrogens with one attached hydrogen (secondary N) is 2.